The molecule has 3 N–H and O–H groups in total. The Morgan fingerprint density at radius 2 is 2.26 bits per heavy atom. The minimum absolute atomic E-state index is 0.151. The van der Waals surface area contributed by atoms with E-state index in [2.05, 4.69) is 25.8 Å². The molecule has 2 amide bonds. The summed E-state index contributed by atoms with van der Waals surface area (Å²) in [4.78, 5) is 26.9. The van der Waals surface area contributed by atoms with Crippen molar-refractivity contribution in [3.63, 3.8) is 0 Å². The zero-order valence-electron chi connectivity index (χ0n) is 10.0. The third-order valence-electron chi connectivity index (χ3n) is 2.34. The number of H-pyrrole nitrogens is 1. The van der Waals surface area contributed by atoms with Crippen LogP contribution in [-0.4, -0.2) is 33.5 Å². The maximum atomic E-state index is 11.6. The molecule has 0 bridgehead atoms. The highest BCUT2D eigenvalue weighted by Gasteiger charge is 2.07. The van der Waals surface area contributed by atoms with E-state index in [1.807, 2.05) is 5.38 Å². The fraction of sp³-hybridized carbons (Fsp3) is 0.273. The molecule has 100 valence electrons. The zero-order valence-corrected chi connectivity index (χ0v) is 10.9. The van der Waals surface area contributed by atoms with E-state index in [0.717, 1.165) is 0 Å². The van der Waals surface area contributed by atoms with Gasteiger partial charge in [0.05, 0.1) is 6.54 Å². The van der Waals surface area contributed by atoms with Crippen molar-refractivity contribution < 1.29 is 9.59 Å². The van der Waals surface area contributed by atoms with E-state index in [9.17, 15) is 9.59 Å². The van der Waals surface area contributed by atoms with Gasteiger partial charge in [0, 0.05) is 23.9 Å². The third-order valence-corrected chi connectivity index (χ3v) is 3.02. The predicted octanol–water partition coefficient (Wildman–Crippen LogP) is 0.303. The molecule has 2 aromatic rings. The number of carbonyl (C=O) groups excluding carboxylic acids is 2. The molecule has 0 aliphatic heterocycles. The predicted molar refractivity (Wildman–Crippen MR) is 69.5 cm³/mol. The quantitative estimate of drug-likeness (QED) is 0.708. The maximum absolute atomic E-state index is 11.6. The summed E-state index contributed by atoms with van der Waals surface area (Å²) in [6.07, 6.45) is 1.60. The molecule has 19 heavy (non-hydrogen) atoms. The monoisotopic (exact) mass is 279 g/mol. The number of thiophene rings is 1. The first-order valence-electron chi connectivity index (χ1n) is 5.67. The van der Waals surface area contributed by atoms with Gasteiger partial charge in [-0.05, 0) is 11.4 Å². The van der Waals surface area contributed by atoms with E-state index in [4.69, 9.17) is 0 Å². The van der Waals surface area contributed by atoms with Crippen LogP contribution in [0.3, 0.4) is 0 Å². The number of aromatic amines is 1. The van der Waals surface area contributed by atoms with Gasteiger partial charge >= 0.3 is 0 Å². The van der Waals surface area contributed by atoms with Crippen molar-refractivity contribution in [2.24, 2.45) is 0 Å². The number of hydrogen-bond acceptors (Lipinski definition) is 5. The fourth-order valence-electron chi connectivity index (χ4n) is 1.37. The molecule has 0 aliphatic carbocycles. The highest BCUT2D eigenvalue weighted by Crippen LogP contribution is 2.04. The fourth-order valence-corrected chi connectivity index (χ4v) is 2.01. The number of carbonyl (C=O) groups is 2. The number of nitrogens with zero attached hydrogens (tertiary/aromatic N) is 2. The summed E-state index contributed by atoms with van der Waals surface area (Å²) < 4.78 is 0. The van der Waals surface area contributed by atoms with Gasteiger partial charge < -0.3 is 10.6 Å². The number of rotatable bonds is 6. The molecule has 0 saturated heterocycles. The van der Waals surface area contributed by atoms with Crippen molar-refractivity contribution >= 4 is 23.2 Å². The van der Waals surface area contributed by atoms with Crippen molar-refractivity contribution in [2.45, 2.75) is 13.0 Å². The Balaban J connectivity index is 1.63. The molecule has 0 spiro atoms. The van der Waals surface area contributed by atoms with E-state index in [-0.39, 0.29) is 18.2 Å². The summed E-state index contributed by atoms with van der Waals surface area (Å²) in [6, 6.07) is 1.74. The van der Waals surface area contributed by atoms with Crippen LogP contribution in [0.5, 0.6) is 0 Å². The average molecular weight is 279 g/mol. The first-order valence-corrected chi connectivity index (χ1v) is 6.61. The van der Waals surface area contributed by atoms with Gasteiger partial charge in [0.2, 0.25) is 5.91 Å². The molecule has 7 nitrogen and oxygen atoms in total. The van der Waals surface area contributed by atoms with Crippen LogP contribution in [0.2, 0.25) is 0 Å². The summed E-state index contributed by atoms with van der Waals surface area (Å²) in [5, 5.41) is 15.3. The largest absolute Gasteiger partial charge is 0.351 e. The average Bonchev–Trinajstić information content (AvgIpc) is 3.09. The minimum Gasteiger partial charge on any atom is -0.351 e. The SMILES string of the molecule is O=C(CCNC(=O)c1ccsc1)NCc1ncn[nH]1. The second-order valence-corrected chi connectivity index (χ2v) is 4.51. The number of amides is 2. The van der Waals surface area contributed by atoms with E-state index < -0.39 is 0 Å². The van der Waals surface area contributed by atoms with Gasteiger partial charge in [-0.25, -0.2) is 4.98 Å². The lowest BCUT2D eigenvalue weighted by molar-refractivity contribution is -0.121. The summed E-state index contributed by atoms with van der Waals surface area (Å²) in [5.74, 6) is 0.280. The first kappa shape index (κ1) is 13.2. The van der Waals surface area contributed by atoms with Crippen molar-refractivity contribution in [1.82, 2.24) is 25.8 Å². The summed E-state index contributed by atoms with van der Waals surface area (Å²) in [6.45, 7) is 0.605. The third kappa shape index (κ3) is 4.18. The molecule has 0 fully saturated rings. The normalized spacial score (nSPS) is 10.1. The molecule has 2 aromatic heterocycles. The van der Waals surface area contributed by atoms with Crippen LogP contribution in [0, 0.1) is 0 Å². The molecule has 2 rings (SSSR count). The lowest BCUT2D eigenvalue weighted by atomic mass is 10.3. The molecular formula is C11H13N5O2S. The second kappa shape index (κ2) is 6.64. The molecular weight excluding hydrogens is 266 g/mol. The summed E-state index contributed by atoms with van der Waals surface area (Å²) in [7, 11) is 0. The van der Waals surface area contributed by atoms with Gasteiger partial charge in [-0.2, -0.15) is 16.4 Å². The van der Waals surface area contributed by atoms with Gasteiger partial charge in [-0.3, -0.25) is 14.7 Å². The van der Waals surface area contributed by atoms with Crippen molar-refractivity contribution in [2.75, 3.05) is 6.54 Å². The van der Waals surface area contributed by atoms with Crippen molar-refractivity contribution in [1.29, 1.82) is 0 Å². The van der Waals surface area contributed by atoms with Crippen LogP contribution < -0.4 is 10.6 Å². The standard InChI is InChI=1S/C11H13N5O2S/c17-10(13-5-9-14-7-15-16-9)1-3-12-11(18)8-2-4-19-6-8/h2,4,6-7H,1,3,5H2,(H,12,18)(H,13,17)(H,14,15,16). The van der Waals surface area contributed by atoms with Crippen molar-refractivity contribution in [3.05, 3.63) is 34.5 Å². The van der Waals surface area contributed by atoms with E-state index in [1.165, 1.54) is 17.7 Å². The Hall–Kier alpha value is -2.22. The van der Waals surface area contributed by atoms with Crippen LogP contribution in [0.4, 0.5) is 0 Å². The van der Waals surface area contributed by atoms with Crippen LogP contribution >= 0.6 is 11.3 Å². The minimum atomic E-state index is -0.163. The molecule has 0 radical (unpaired) electrons. The highest BCUT2D eigenvalue weighted by atomic mass is 32.1. The number of aromatic nitrogens is 3. The Morgan fingerprint density at radius 1 is 1.37 bits per heavy atom. The van der Waals surface area contributed by atoms with Gasteiger partial charge in [0.1, 0.15) is 12.2 Å². The zero-order chi connectivity index (χ0) is 13.5. The Bertz CT molecular complexity index is 523. The van der Waals surface area contributed by atoms with Crippen molar-refractivity contribution in [3.8, 4) is 0 Å². The Kier molecular flexibility index (Phi) is 4.62. The molecule has 0 aromatic carbocycles. The van der Waals surface area contributed by atoms with E-state index in [0.29, 0.717) is 24.5 Å². The molecule has 0 unspecified atom stereocenters. The lowest BCUT2D eigenvalue weighted by Gasteiger charge is -2.04. The van der Waals surface area contributed by atoms with Crippen LogP contribution in [0.1, 0.15) is 22.6 Å². The Labute approximate surface area is 113 Å². The lowest BCUT2D eigenvalue weighted by Crippen LogP contribution is -2.30. The topological polar surface area (TPSA) is 99.8 Å². The smallest absolute Gasteiger partial charge is 0.252 e. The van der Waals surface area contributed by atoms with Gasteiger partial charge in [-0.15, -0.1) is 0 Å². The van der Waals surface area contributed by atoms with Gasteiger partial charge in [0.25, 0.3) is 5.91 Å². The summed E-state index contributed by atoms with van der Waals surface area (Å²) in [5.41, 5.74) is 0.618. The molecule has 0 atom stereocenters. The van der Waals surface area contributed by atoms with Crippen LogP contribution in [-0.2, 0) is 11.3 Å². The van der Waals surface area contributed by atoms with E-state index in [1.54, 1.807) is 11.4 Å². The molecule has 2 heterocycles. The van der Waals surface area contributed by atoms with Gasteiger partial charge in [-0.1, -0.05) is 0 Å². The maximum Gasteiger partial charge on any atom is 0.252 e. The molecule has 0 saturated carbocycles. The van der Waals surface area contributed by atoms with Crippen LogP contribution in [0.15, 0.2) is 23.2 Å². The summed E-state index contributed by atoms with van der Waals surface area (Å²) >= 11 is 1.46. The van der Waals surface area contributed by atoms with Gasteiger partial charge in [0.15, 0.2) is 0 Å². The van der Waals surface area contributed by atoms with E-state index >= 15 is 0 Å². The number of hydrogen-bond donors (Lipinski definition) is 3. The molecule has 8 heteroatoms. The Morgan fingerprint density at radius 3 is 2.95 bits per heavy atom. The molecule has 0 aliphatic rings. The second-order valence-electron chi connectivity index (χ2n) is 3.73. The van der Waals surface area contributed by atoms with Crippen LogP contribution in [0.25, 0.3) is 0 Å². The number of nitrogens with one attached hydrogen (secondary N) is 3. The highest BCUT2D eigenvalue weighted by molar-refractivity contribution is 7.08. The first-order chi connectivity index (χ1) is 9.25.